The number of aliphatic hydroxyl groups excluding tert-OH is 1. The number of hydrogen-bond acceptors (Lipinski definition) is 3. The van der Waals surface area contributed by atoms with Crippen molar-refractivity contribution in [1.82, 2.24) is 0 Å². The average Bonchev–Trinajstić information content (AvgIpc) is 2.43. The third kappa shape index (κ3) is 3.85. The van der Waals surface area contributed by atoms with E-state index < -0.39 is 10.0 Å². The molecule has 2 aromatic carbocycles. The third-order valence-corrected chi connectivity index (χ3v) is 5.46. The molecule has 7 heteroatoms. The molecule has 0 unspecified atom stereocenters. The quantitative estimate of drug-likeness (QED) is 0.768. The Labute approximate surface area is 140 Å². The van der Waals surface area contributed by atoms with Crippen LogP contribution in [0.5, 0.6) is 0 Å². The van der Waals surface area contributed by atoms with Crippen LogP contribution in [-0.2, 0) is 16.6 Å². The number of nitrogens with one attached hydrogen (secondary N) is 1. The van der Waals surface area contributed by atoms with Crippen LogP contribution in [0.3, 0.4) is 0 Å². The summed E-state index contributed by atoms with van der Waals surface area (Å²) in [7, 11) is -3.69. The Balaban J connectivity index is 2.37. The summed E-state index contributed by atoms with van der Waals surface area (Å²) >= 11 is 6.71. The summed E-state index contributed by atoms with van der Waals surface area (Å²) in [5, 5.41) is 8.99. The topological polar surface area (TPSA) is 66.4 Å². The highest BCUT2D eigenvalue weighted by molar-refractivity contribution is 9.11. The van der Waals surface area contributed by atoms with Crippen LogP contribution in [-0.4, -0.2) is 13.5 Å². The molecule has 21 heavy (non-hydrogen) atoms. The second-order valence-electron chi connectivity index (χ2n) is 4.51. The molecule has 0 aliphatic heterocycles. The minimum Gasteiger partial charge on any atom is -0.392 e. The Bertz CT molecular complexity index is 735. The van der Waals surface area contributed by atoms with Gasteiger partial charge in [0.1, 0.15) is 0 Å². The standard InChI is InChI=1S/C14H13Br2NO3S/c1-9-6-12(15)14(13(16)7-9)17-21(19,20)11-4-2-10(8-18)3-5-11/h2-7,17-18H,8H2,1H3. The summed E-state index contributed by atoms with van der Waals surface area (Å²) < 4.78 is 28.6. The Morgan fingerprint density at radius 1 is 1.10 bits per heavy atom. The van der Waals surface area contributed by atoms with Crippen LogP contribution in [0, 0.1) is 6.92 Å². The predicted octanol–water partition coefficient (Wildman–Crippen LogP) is 3.81. The first-order valence-electron chi connectivity index (χ1n) is 6.02. The van der Waals surface area contributed by atoms with E-state index in [4.69, 9.17) is 5.11 Å². The highest BCUT2D eigenvalue weighted by Gasteiger charge is 2.17. The largest absolute Gasteiger partial charge is 0.392 e. The third-order valence-electron chi connectivity index (χ3n) is 2.84. The van der Waals surface area contributed by atoms with Gasteiger partial charge in [0.2, 0.25) is 0 Å². The second-order valence-corrected chi connectivity index (χ2v) is 7.90. The molecular formula is C14H13Br2NO3S. The number of benzene rings is 2. The zero-order valence-corrected chi connectivity index (χ0v) is 15.1. The van der Waals surface area contributed by atoms with Gasteiger partial charge in [0.05, 0.1) is 17.2 Å². The van der Waals surface area contributed by atoms with Gasteiger partial charge in [-0.15, -0.1) is 0 Å². The molecular weight excluding hydrogens is 422 g/mol. The second kappa shape index (κ2) is 6.48. The fraction of sp³-hybridized carbons (Fsp3) is 0.143. The minimum absolute atomic E-state index is 0.122. The van der Waals surface area contributed by atoms with E-state index in [1.165, 1.54) is 12.1 Å². The number of halogens is 2. The van der Waals surface area contributed by atoms with Crippen molar-refractivity contribution in [2.24, 2.45) is 0 Å². The Morgan fingerprint density at radius 2 is 1.62 bits per heavy atom. The summed E-state index contributed by atoms with van der Waals surface area (Å²) in [6.07, 6.45) is 0. The maximum Gasteiger partial charge on any atom is 0.261 e. The molecule has 2 rings (SSSR count). The molecule has 0 saturated heterocycles. The van der Waals surface area contributed by atoms with E-state index in [-0.39, 0.29) is 11.5 Å². The maximum absolute atomic E-state index is 12.4. The SMILES string of the molecule is Cc1cc(Br)c(NS(=O)(=O)c2ccc(CO)cc2)c(Br)c1. The molecule has 0 heterocycles. The van der Waals surface area contributed by atoms with E-state index in [0.29, 0.717) is 20.2 Å². The Kier molecular flexibility index (Phi) is 5.08. The molecule has 0 fully saturated rings. The molecule has 0 spiro atoms. The van der Waals surface area contributed by atoms with Crippen LogP contribution in [0.1, 0.15) is 11.1 Å². The normalized spacial score (nSPS) is 11.4. The Morgan fingerprint density at radius 3 is 2.10 bits per heavy atom. The predicted molar refractivity (Wildman–Crippen MR) is 89.8 cm³/mol. The van der Waals surface area contributed by atoms with Crippen molar-refractivity contribution in [3.05, 3.63) is 56.5 Å². The van der Waals surface area contributed by atoms with Crippen LogP contribution in [0.15, 0.2) is 50.2 Å². The average molecular weight is 435 g/mol. The molecule has 0 aliphatic rings. The maximum atomic E-state index is 12.4. The van der Waals surface area contributed by atoms with Gasteiger partial charge in [0.25, 0.3) is 10.0 Å². The van der Waals surface area contributed by atoms with Crippen molar-refractivity contribution in [3.8, 4) is 0 Å². The van der Waals surface area contributed by atoms with Crippen LogP contribution in [0.2, 0.25) is 0 Å². The van der Waals surface area contributed by atoms with Gasteiger partial charge in [-0.05, 0) is 74.2 Å². The number of hydrogen-bond donors (Lipinski definition) is 2. The summed E-state index contributed by atoms with van der Waals surface area (Å²) in [5.74, 6) is 0. The Hall–Kier alpha value is -0.890. The van der Waals surface area contributed by atoms with Crippen LogP contribution < -0.4 is 4.72 Å². The van der Waals surface area contributed by atoms with Gasteiger partial charge in [0, 0.05) is 8.95 Å². The molecule has 0 radical (unpaired) electrons. The van der Waals surface area contributed by atoms with Gasteiger partial charge in [-0.2, -0.15) is 0 Å². The first-order chi connectivity index (χ1) is 9.83. The number of rotatable bonds is 4. The molecule has 0 bridgehead atoms. The molecule has 112 valence electrons. The summed E-state index contributed by atoms with van der Waals surface area (Å²) in [4.78, 5) is 0.138. The van der Waals surface area contributed by atoms with Crippen LogP contribution in [0.25, 0.3) is 0 Å². The van der Waals surface area contributed by atoms with E-state index in [0.717, 1.165) is 5.56 Å². The van der Waals surface area contributed by atoms with Gasteiger partial charge in [0.15, 0.2) is 0 Å². The van der Waals surface area contributed by atoms with Crippen molar-refractivity contribution < 1.29 is 13.5 Å². The van der Waals surface area contributed by atoms with Gasteiger partial charge < -0.3 is 5.11 Å². The van der Waals surface area contributed by atoms with E-state index >= 15 is 0 Å². The highest BCUT2D eigenvalue weighted by atomic mass is 79.9. The molecule has 0 atom stereocenters. The monoisotopic (exact) mass is 433 g/mol. The van der Waals surface area contributed by atoms with Crippen molar-refractivity contribution in [2.45, 2.75) is 18.4 Å². The van der Waals surface area contributed by atoms with Crippen molar-refractivity contribution in [1.29, 1.82) is 0 Å². The lowest BCUT2D eigenvalue weighted by molar-refractivity contribution is 0.282. The molecule has 0 saturated carbocycles. The zero-order valence-electron chi connectivity index (χ0n) is 11.1. The zero-order chi connectivity index (χ0) is 15.6. The van der Waals surface area contributed by atoms with Gasteiger partial charge >= 0.3 is 0 Å². The summed E-state index contributed by atoms with van der Waals surface area (Å²) in [6, 6.07) is 9.74. The van der Waals surface area contributed by atoms with E-state index in [1.54, 1.807) is 12.1 Å². The van der Waals surface area contributed by atoms with Crippen molar-refractivity contribution in [3.63, 3.8) is 0 Å². The summed E-state index contributed by atoms with van der Waals surface area (Å²) in [6.45, 7) is 1.80. The summed E-state index contributed by atoms with van der Waals surface area (Å²) in [5.41, 5.74) is 2.11. The smallest absolute Gasteiger partial charge is 0.261 e. The molecule has 0 aliphatic carbocycles. The van der Waals surface area contributed by atoms with Crippen molar-refractivity contribution >= 4 is 47.6 Å². The number of aryl methyl sites for hydroxylation is 1. The number of aliphatic hydroxyl groups is 1. The van der Waals surface area contributed by atoms with Crippen LogP contribution in [0.4, 0.5) is 5.69 Å². The molecule has 0 aromatic heterocycles. The molecule has 2 aromatic rings. The molecule has 2 N–H and O–H groups in total. The molecule has 0 amide bonds. The van der Waals surface area contributed by atoms with Gasteiger partial charge in [-0.1, -0.05) is 12.1 Å². The number of anilines is 1. The first-order valence-corrected chi connectivity index (χ1v) is 9.08. The van der Waals surface area contributed by atoms with Crippen LogP contribution >= 0.6 is 31.9 Å². The van der Waals surface area contributed by atoms with E-state index in [2.05, 4.69) is 36.6 Å². The first kappa shape index (κ1) is 16.5. The lowest BCUT2D eigenvalue weighted by Crippen LogP contribution is -2.14. The van der Waals surface area contributed by atoms with Crippen molar-refractivity contribution in [2.75, 3.05) is 4.72 Å². The molecule has 4 nitrogen and oxygen atoms in total. The van der Waals surface area contributed by atoms with Gasteiger partial charge in [-0.3, -0.25) is 4.72 Å². The van der Waals surface area contributed by atoms with Gasteiger partial charge in [-0.25, -0.2) is 8.42 Å². The minimum atomic E-state index is -3.69. The van der Waals surface area contributed by atoms with E-state index in [1.807, 2.05) is 19.1 Å². The lowest BCUT2D eigenvalue weighted by atomic mass is 10.2. The fourth-order valence-electron chi connectivity index (χ4n) is 1.76. The fourth-order valence-corrected chi connectivity index (χ4v) is 4.74. The highest BCUT2D eigenvalue weighted by Crippen LogP contribution is 2.33. The van der Waals surface area contributed by atoms with E-state index in [9.17, 15) is 8.42 Å². The number of sulfonamides is 1. The lowest BCUT2D eigenvalue weighted by Gasteiger charge is -2.12.